The number of carbonyl (C=O) groups is 2. The third kappa shape index (κ3) is 6.59. The van der Waals surface area contributed by atoms with Crippen molar-refractivity contribution in [2.45, 2.75) is 38.9 Å². The van der Waals surface area contributed by atoms with Gasteiger partial charge < -0.3 is 15.4 Å². The van der Waals surface area contributed by atoms with E-state index in [1.165, 1.54) is 31.3 Å². The summed E-state index contributed by atoms with van der Waals surface area (Å²) in [7, 11) is 0. The highest BCUT2D eigenvalue weighted by atomic mass is 19.4. The van der Waals surface area contributed by atoms with Gasteiger partial charge in [-0.1, -0.05) is 6.07 Å². The SMILES string of the molecule is CC(=O)Nc1cc(C(=O)NC(C)c2ccc(OCC(F)(F)C(F)(F)F)nc2)cc(C)n1. The first-order valence-electron chi connectivity index (χ1n) is 8.89. The van der Waals surface area contributed by atoms with Crippen LogP contribution in [-0.4, -0.2) is 40.5 Å². The van der Waals surface area contributed by atoms with Crippen LogP contribution in [0.2, 0.25) is 0 Å². The summed E-state index contributed by atoms with van der Waals surface area (Å²) in [5, 5.41) is 5.17. The molecule has 0 fully saturated rings. The maximum atomic E-state index is 12.9. The van der Waals surface area contributed by atoms with Crippen LogP contribution in [0.25, 0.3) is 0 Å². The molecular weight excluding hydrogens is 427 g/mol. The van der Waals surface area contributed by atoms with Crippen molar-refractivity contribution in [2.24, 2.45) is 0 Å². The molecular formula is C19H19F5N4O3. The largest absolute Gasteiger partial charge is 0.471 e. The lowest BCUT2D eigenvalue weighted by molar-refractivity contribution is -0.290. The molecule has 0 saturated heterocycles. The van der Waals surface area contributed by atoms with Crippen molar-refractivity contribution in [3.63, 3.8) is 0 Å². The molecule has 2 N–H and O–H groups in total. The van der Waals surface area contributed by atoms with E-state index in [4.69, 9.17) is 0 Å². The van der Waals surface area contributed by atoms with E-state index in [2.05, 4.69) is 25.3 Å². The summed E-state index contributed by atoms with van der Waals surface area (Å²) in [6.07, 6.45) is -4.54. The van der Waals surface area contributed by atoms with Crippen LogP contribution in [0.5, 0.6) is 5.88 Å². The van der Waals surface area contributed by atoms with Crippen LogP contribution in [0.4, 0.5) is 27.8 Å². The molecule has 0 bridgehead atoms. The molecule has 0 aliphatic heterocycles. The van der Waals surface area contributed by atoms with Crippen molar-refractivity contribution in [1.29, 1.82) is 0 Å². The molecule has 1 atom stereocenters. The second-order valence-electron chi connectivity index (χ2n) is 6.68. The molecule has 0 aromatic carbocycles. The van der Waals surface area contributed by atoms with E-state index in [-0.39, 0.29) is 17.3 Å². The van der Waals surface area contributed by atoms with E-state index in [9.17, 15) is 31.5 Å². The summed E-state index contributed by atoms with van der Waals surface area (Å²) in [5.74, 6) is -6.04. The molecule has 2 rings (SSSR count). The lowest BCUT2D eigenvalue weighted by Crippen LogP contribution is -2.41. The fourth-order valence-corrected chi connectivity index (χ4v) is 2.39. The van der Waals surface area contributed by atoms with E-state index >= 15 is 0 Å². The molecule has 0 spiro atoms. The molecule has 0 saturated carbocycles. The lowest BCUT2D eigenvalue weighted by atomic mass is 10.1. The first kappa shape index (κ1) is 24.0. The van der Waals surface area contributed by atoms with E-state index < -0.39 is 36.5 Å². The van der Waals surface area contributed by atoms with Gasteiger partial charge in [0.05, 0.1) is 6.04 Å². The van der Waals surface area contributed by atoms with Crippen LogP contribution >= 0.6 is 0 Å². The van der Waals surface area contributed by atoms with E-state index in [1.807, 2.05) is 0 Å². The van der Waals surface area contributed by atoms with Gasteiger partial charge in [0.1, 0.15) is 5.82 Å². The molecule has 2 heterocycles. The minimum absolute atomic E-state index is 0.212. The summed E-state index contributed by atoms with van der Waals surface area (Å²) in [6.45, 7) is 2.68. The lowest BCUT2D eigenvalue weighted by Gasteiger charge is -2.19. The highest BCUT2D eigenvalue weighted by molar-refractivity contribution is 5.96. The number of carbonyl (C=O) groups excluding carboxylic acids is 2. The summed E-state index contributed by atoms with van der Waals surface area (Å²) in [4.78, 5) is 31.5. The predicted molar refractivity (Wildman–Crippen MR) is 99.9 cm³/mol. The zero-order chi connectivity index (χ0) is 23.4. The second kappa shape index (κ2) is 9.23. The molecule has 7 nitrogen and oxygen atoms in total. The quantitative estimate of drug-likeness (QED) is 0.631. The maximum absolute atomic E-state index is 12.9. The van der Waals surface area contributed by atoms with Gasteiger partial charge in [0.25, 0.3) is 5.91 Å². The van der Waals surface area contributed by atoms with Gasteiger partial charge in [-0.3, -0.25) is 9.59 Å². The van der Waals surface area contributed by atoms with Crippen molar-refractivity contribution in [2.75, 3.05) is 11.9 Å². The van der Waals surface area contributed by atoms with Gasteiger partial charge in [-0.05, 0) is 31.5 Å². The smallest absolute Gasteiger partial charge is 0.456 e. The number of aryl methyl sites for hydroxylation is 1. The van der Waals surface area contributed by atoms with Crippen LogP contribution in [0.1, 0.15) is 41.5 Å². The number of ether oxygens (including phenoxy) is 1. The normalized spacial score (nSPS) is 12.8. The summed E-state index contributed by atoms with van der Waals surface area (Å²) < 4.78 is 66.7. The molecule has 0 aliphatic rings. The summed E-state index contributed by atoms with van der Waals surface area (Å²) in [6, 6.07) is 4.83. The number of rotatable bonds is 7. The van der Waals surface area contributed by atoms with Crippen LogP contribution in [0, 0.1) is 6.92 Å². The molecule has 2 amide bonds. The van der Waals surface area contributed by atoms with Crippen LogP contribution < -0.4 is 15.4 Å². The third-order valence-electron chi connectivity index (χ3n) is 3.94. The molecule has 2 aromatic heterocycles. The van der Waals surface area contributed by atoms with Gasteiger partial charge in [-0.15, -0.1) is 0 Å². The number of hydrogen-bond donors (Lipinski definition) is 2. The zero-order valence-electron chi connectivity index (χ0n) is 16.7. The average Bonchev–Trinajstić information content (AvgIpc) is 2.64. The number of alkyl halides is 5. The Bertz CT molecular complexity index is 949. The van der Waals surface area contributed by atoms with Gasteiger partial charge in [-0.25, -0.2) is 9.97 Å². The first-order valence-corrected chi connectivity index (χ1v) is 8.89. The highest BCUT2D eigenvalue weighted by Gasteiger charge is 2.58. The fraction of sp³-hybridized carbons (Fsp3) is 0.368. The minimum Gasteiger partial charge on any atom is -0.471 e. The van der Waals surface area contributed by atoms with Crippen molar-refractivity contribution in [3.8, 4) is 5.88 Å². The standard InChI is InChI=1S/C19H19F5N4O3/c1-10-6-14(7-15(26-10)28-12(3)29)17(30)27-11(2)13-4-5-16(25-8-13)31-9-18(20,21)19(22,23)24/h4-8,11H,9H2,1-3H3,(H,27,30)(H,26,28,29). The highest BCUT2D eigenvalue weighted by Crippen LogP contribution is 2.35. The van der Waals surface area contributed by atoms with Gasteiger partial charge in [0.2, 0.25) is 11.8 Å². The number of nitrogens with zero attached hydrogens (tertiary/aromatic N) is 2. The summed E-state index contributed by atoms with van der Waals surface area (Å²) >= 11 is 0. The summed E-state index contributed by atoms with van der Waals surface area (Å²) in [5.41, 5.74) is 1.20. The van der Waals surface area contributed by atoms with Crippen molar-refractivity contribution >= 4 is 17.6 Å². The topological polar surface area (TPSA) is 93.2 Å². The Morgan fingerprint density at radius 1 is 1.16 bits per heavy atom. The molecule has 31 heavy (non-hydrogen) atoms. The van der Waals surface area contributed by atoms with Gasteiger partial charge in [0.15, 0.2) is 6.61 Å². The van der Waals surface area contributed by atoms with Crippen molar-refractivity contribution in [3.05, 3.63) is 47.3 Å². The zero-order valence-corrected chi connectivity index (χ0v) is 16.7. The molecule has 0 aliphatic carbocycles. The Morgan fingerprint density at radius 2 is 1.84 bits per heavy atom. The van der Waals surface area contributed by atoms with E-state index in [1.54, 1.807) is 13.8 Å². The fourth-order valence-electron chi connectivity index (χ4n) is 2.39. The van der Waals surface area contributed by atoms with Crippen LogP contribution in [0.15, 0.2) is 30.5 Å². The third-order valence-corrected chi connectivity index (χ3v) is 3.94. The minimum atomic E-state index is -5.73. The Kier molecular flexibility index (Phi) is 7.13. The van der Waals surface area contributed by atoms with Crippen molar-refractivity contribution in [1.82, 2.24) is 15.3 Å². The number of hydrogen-bond acceptors (Lipinski definition) is 5. The first-order chi connectivity index (χ1) is 14.3. The molecule has 0 radical (unpaired) electrons. The van der Waals surface area contributed by atoms with Crippen molar-refractivity contribution < 1.29 is 36.3 Å². The second-order valence-corrected chi connectivity index (χ2v) is 6.68. The monoisotopic (exact) mass is 446 g/mol. The van der Waals surface area contributed by atoms with E-state index in [0.29, 0.717) is 11.3 Å². The Labute approximate surface area is 174 Å². The van der Waals surface area contributed by atoms with Gasteiger partial charge >= 0.3 is 12.1 Å². The number of amides is 2. The molecule has 2 aromatic rings. The number of pyridine rings is 2. The average molecular weight is 446 g/mol. The molecule has 12 heteroatoms. The predicted octanol–water partition coefficient (Wildman–Crippen LogP) is 3.81. The van der Waals surface area contributed by atoms with Crippen LogP contribution in [0.3, 0.4) is 0 Å². The number of halogens is 5. The Balaban J connectivity index is 2.03. The maximum Gasteiger partial charge on any atom is 0.456 e. The van der Waals surface area contributed by atoms with Crippen LogP contribution in [-0.2, 0) is 4.79 Å². The number of nitrogens with one attached hydrogen (secondary N) is 2. The van der Waals surface area contributed by atoms with E-state index in [0.717, 1.165) is 6.07 Å². The Morgan fingerprint density at radius 3 is 2.39 bits per heavy atom. The molecule has 168 valence electrons. The number of anilines is 1. The van der Waals surface area contributed by atoms with Gasteiger partial charge in [0, 0.05) is 30.4 Å². The Hall–Kier alpha value is -3.31. The number of aromatic nitrogens is 2. The van der Waals surface area contributed by atoms with Gasteiger partial charge in [-0.2, -0.15) is 22.0 Å². The molecule has 1 unspecified atom stereocenters.